The highest BCUT2D eigenvalue weighted by atomic mass is 35.5. The lowest BCUT2D eigenvalue weighted by molar-refractivity contribution is -0.146. The number of morpholine rings is 1. The van der Waals surface area contributed by atoms with Gasteiger partial charge in [0.1, 0.15) is 17.8 Å². The topological polar surface area (TPSA) is 116 Å². The fraction of sp³-hybridized carbons (Fsp3) is 0.474. The molecule has 2 amide bonds. The monoisotopic (exact) mass is 457 g/mol. The predicted octanol–water partition coefficient (Wildman–Crippen LogP) is 0.784. The molecule has 9 nitrogen and oxygen atoms in total. The minimum atomic E-state index is -3.90. The molecule has 2 N–H and O–H groups in total. The molecule has 0 radical (unpaired) electrons. The first-order valence-corrected chi connectivity index (χ1v) is 11.5. The summed E-state index contributed by atoms with van der Waals surface area (Å²) < 4.78 is 32.4. The minimum Gasteiger partial charge on any atom is -0.506 e. The first-order chi connectivity index (χ1) is 14.2. The Balaban J connectivity index is 1.61. The summed E-state index contributed by atoms with van der Waals surface area (Å²) in [5.41, 5.74) is 0.479. The van der Waals surface area contributed by atoms with E-state index in [4.69, 9.17) is 16.3 Å². The van der Waals surface area contributed by atoms with E-state index < -0.39 is 28.0 Å². The van der Waals surface area contributed by atoms with E-state index in [1.165, 1.54) is 29.2 Å². The molecule has 164 valence electrons. The number of benzene rings is 1. The van der Waals surface area contributed by atoms with Gasteiger partial charge in [0, 0.05) is 25.0 Å². The number of hydrogen-bond donors (Lipinski definition) is 2. The number of rotatable bonds is 6. The van der Waals surface area contributed by atoms with Crippen LogP contribution < -0.4 is 4.72 Å². The molecule has 0 saturated carbocycles. The van der Waals surface area contributed by atoms with Gasteiger partial charge in [-0.3, -0.25) is 9.59 Å². The van der Waals surface area contributed by atoms with Crippen LogP contribution in [0.4, 0.5) is 0 Å². The van der Waals surface area contributed by atoms with Gasteiger partial charge in [-0.1, -0.05) is 17.7 Å². The molecular formula is C19H24ClN3O6S. The maximum Gasteiger partial charge on any atom is 0.245 e. The van der Waals surface area contributed by atoms with Crippen molar-refractivity contribution in [2.24, 2.45) is 0 Å². The molecule has 1 aromatic carbocycles. The number of carbonyl (C=O) groups is 2. The van der Waals surface area contributed by atoms with Crippen molar-refractivity contribution >= 4 is 39.5 Å². The molecule has 0 aromatic heterocycles. The van der Waals surface area contributed by atoms with E-state index in [1.54, 1.807) is 11.8 Å². The van der Waals surface area contributed by atoms with Gasteiger partial charge >= 0.3 is 0 Å². The second kappa shape index (κ2) is 9.34. The number of carbonyl (C=O) groups excluding carboxylic acids is 2. The summed E-state index contributed by atoms with van der Waals surface area (Å²) in [5.74, 6) is -0.694. The molecule has 2 heterocycles. The van der Waals surface area contributed by atoms with Crippen molar-refractivity contribution < 1.29 is 27.9 Å². The van der Waals surface area contributed by atoms with Gasteiger partial charge in [0.25, 0.3) is 0 Å². The molecule has 2 fully saturated rings. The lowest BCUT2D eigenvalue weighted by Crippen LogP contribution is -2.52. The van der Waals surface area contributed by atoms with Crippen molar-refractivity contribution in [1.29, 1.82) is 0 Å². The van der Waals surface area contributed by atoms with Gasteiger partial charge in [-0.15, -0.1) is 0 Å². The number of sulfonamides is 1. The van der Waals surface area contributed by atoms with E-state index in [0.29, 0.717) is 38.4 Å². The van der Waals surface area contributed by atoms with E-state index >= 15 is 0 Å². The first kappa shape index (κ1) is 22.5. The van der Waals surface area contributed by atoms with Crippen molar-refractivity contribution in [3.05, 3.63) is 34.2 Å². The number of likely N-dealkylation sites (tertiary alicyclic amines) is 1. The average molecular weight is 458 g/mol. The quantitative estimate of drug-likeness (QED) is 0.652. The number of ether oxygens (including phenoxy) is 1. The maximum atomic E-state index is 12.7. The van der Waals surface area contributed by atoms with E-state index in [0.717, 1.165) is 5.41 Å². The predicted molar refractivity (Wildman–Crippen MR) is 111 cm³/mol. The Morgan fingerprint density at radius 1 is 1.33 bits per heavy atom. The van der Waals surface area contributed by atoms with Gasteiger partial charge in [-0.2, -0.15) is 4.72 Å². The normalized spacial score (nSPS) is 21.4. The van der Waals surface area contributed by atoms with E-state index in [1.807, 2.05) is 0 Å². The second-order valence-corrected chi connectivity index (χ2v) is 9.17. The molecule has 0 spiro atoms. The van der Waals surface area contributed by atoms with Crippen LogP contribution in [-0.4, -0.2) is 80.1 Å². The van der Waals surface area contributed by atoms with E-state index in [-0.39, 0.29) is 23.1 Å². The zero-order valence-corrected chi connectivity index (χ0v) is 18.0. The summed E-state index contributed by atoms with van der Waals surface area (Å²) in [7, 11) is -3.90. The molecule has 3 rings (SSSR count). The summed E-state index contributed by atoms with van der Waals surface area (Å²) >= 11 is 5.81. The Morgan fingerprint density at radius 2 is 2.03 bits per heavy atom. The number of hydrogen-bond acceptors (Lipinski definition) is 6. The average Bonchev–Trinajstić information content (AvgIpc) is 3.08. The Morgan fingerprint density at radius 3 is 2.70 bits per heavy atom. The number of phenolic OH excluding ortho intramolecular Hbond substituents is 1. The summed E-state index contributed by atoms with van der Waals surface area (Å²) in [6.07, 6.45) is 1.59. The molecule has 2 atom stereocenters. The van der Waals surface area contributed by atoms with E-state index in [2.05, 4.69) is 4.72 Å². The first-order valence-electron chi connectivity index (χ1n) is 9.54. The third-order valence-electron chi connectivity index (χ3n) is 5.11. The molecule has 0 unspecified atom stereocenters. The molecule has 1 aromatic rings. The van der Waals surface area contributed by atoms with Crippen LogP contribution in [0.2, 0.25) is 5.02 Å². The molecule has 2 aliphatic heterocycles. The highest BCUT2D eigenvalue weighted by Gasteiger charge is 2.39. The molecule has 30 heavy (non-hydrogen) atoms. The Hall–Kier alpha value is -2.14. The highest BCUT2D eigenvalue weighted by molar-refractivity contribution is 7.92. The number of nitrogens with one attached hydrogen (secondary N) is 1. The number of amides is 2. The Labute approximate surface area is 180 Å². The fourth-order valence-corrected chi connectivity index (χ4v) is 4.63. The van der Waals surface area contributed by atoms with Crippen LogP contribution in [0.3, 0.4) is 0 Å². The van der Waals surface area contributed by atoms with Gasteiger partial charge in [0.2, 0.25) is 21.8 Å². The van der Waals surface area contributed by atoms with Crippen molar-refractivity contribution in [2.75, 3.05) is 32.8 Å². The third-order valence-corrected chi connectivity index (χ3v) is 6.52. The zero-order chi connectivity index (χ0) is 21.9. The minimum absolute atomic E-state index is 0.100. The van der Waals surface area contributed by atoms with Crippen LogP contribution >= 0.6 is 11.6 Å². The van der Waals surface area contributed by atoms with Crippen molar-refractivity contribution in [3.8, 4) is 5.75 Å². The largest absolute Gasteiger partial charge is 0.506 e. The number of halogens is 1. The smallest absolute Gasteiger partial charge is 0.245 e. The van der Waals surface area contributed by atoms with Crippen LogP contribution in [-0.2, 0) is 24.3 Å². The molecular weight excluding hydrogens is 434 g/mol. The van der Waals surface area contributed by atoms with Crippen LogP contribution in [0.1, 0.15) is 18.9 Å². The second-order valence-electron chi connectivity index (χ2n) is 7.16. The van der Waals surface area contributed by atoms with Crippen LogP contribution in [0.15, 0.2) is 23.6 Å². The Kier molecular flexibility index (Phi) is 7.02. The van der Waals surface area contributed by atoms with Gasteiger partial charge < -0.3 is 19.6 Å². The molecule has 2 saturated heterocycles. The summed E-state index contributed by atoms with van der Waals surface area (Å²) in [5, 5.41) is 10.5. The SMILES string of the molecule is C[C@@H](C(=O)N1CCOCC1)N1CC[C@H](NS(=O)(=O)C=Cc2ccc(O)c(Cl)c2)C1=O. The maximum absolute atomic E-state index is 12.7. The highest BCUT2D eigenvalue weighted by Crippen LogP contribution is 2.24. The van der Waals surface area contributed by atoms with Crippen molar-refractivity contribution in [1.82, 2.24) is 14.5 Å². The number of aromatic hydroxyl groups is 1. The Bertz CT molecular complexity index is 946. The van der Waals surface area contributed by atoms with Crippen LogP contribution in [0.5, 0.6) is 5.75 Å². The number of nitrogens with zero attached hydrogens (tertiary/aromatic N) is 2. The standard InChI is InChI=1S/C19H24ClN3O6S/c1-13(18(25)22-7-9-29-10-8-22)23-6-4-16(19(23)26)21-30(27,28)11-5-14-2-3-17(24)15(20)12-14/h2-3,5,11-13,16,21,24H,4,6-10H2,1H3/t13-,16-/m0/s1. The van der Waals surface area contributed by atoms with Gasteiger partial charge in [0.15, 0.2) is 0 Å². The zero-order valence-electron chi connectivity index (χ0n) is 16.5. The molecule has 11 heteroatoms. The lowest BCUT2D eigenvalue weighted by atomic mass is 10.2. The summed E-state index contributed by atoms with van der Waals surface area (Å²) in [4.78, 5) is 28.4. The number of phenols is 1. The third kappa shape index (κ3) is 5.31. The molecule has 0 bridgehead atoms. The van der Waals surface area contributed by atoms with Gasteiger partial charge in [-0.05, 0) is 37.1 Å². The fourth-order valence-electron chi connectivity index (χ4n) is 3.41. The molecule has 0 aliphatic carbocycles. The summed E-state index contributed by atoms with van der Waals surface area (Å²) in [6, 6.07) is 2.69. The van der Waals surface area contributed by atoms with Crippen molar-refractivity contribution in [3.63, 3.8) is 0 Å². The van der Waals surface area contributed by atoms with E-state index in [9.17, 15) is 23.1 Å². The lowest BCUT2D eigenvalue weighted by Gasteiger charge is -2.32. The summed E-state index contributed by atoms with van der Waals surface area (Å²) in [6.45, 7) is 3.84. The van der Waals surface area contributed by atoms with Gasteiger partial charge in [-0.25, -0.2) is 8.42 Å². The van der Waals surface area contributed by atoms with Crippen LogP contribution in [0, 0.1) is 0 Å². The van der Waals surface area contributed by atoms with Gasteiger partial charge in [0.05, 0.1) is 18.2 Å². The molecule has 2 aliphatic rings. The van der Waals surface area contributed by atoms with Crippen molar-refractivity contribution in [2.45, 2.75) is 25.4 Å². The van der Waals surface area contributed by atoms with Crippen LogP contribution in [0.25, 0.3) is 6.08 Å².